The van der Waals surface area contributed by atoms with E-state index < -0.39 is 0 Å². The molecule has 0 atom stereocenters. The number of carbonyl (C=O) groups excluding carboxylic acids is 2. The SMILES string of the molecule is CCc1ccccc1NC(=O)c1ccnc(C(=O)N(C)Cc2ccccc2)c1. The first-order valence-electron chi connectivity index (χ1n) is 9.23. The second-order valence-corrected chi connectivity index (χ2v) is 6.54. The monoisotopic (exact) mass is 373 g/mol. The molecule has 0 saturated carbocycles. The number of aromatic nitrogens is 1. The number of pyridine rings is 1. The molecule has 0 aliphatic rings. The molecule has 0 fully saturated rings. The summed E-state index contributed by atoms with van der Waals surface area (Å²) in [5.74, 6) is -0.490. The smallest absolute Gasteiger partial charge is 0.272 e. The number of benzene rings is 2. The Bertz CT molecular complexity index is 970. The van der Waals surface area contributed by atoms with Crippen LogP contribution in [0.3, 0.4) is 0 Å². The summed E-state index contributed by atoms with van der Waals surface area (Å²) < 4.78 is 0. The second kappa shape index (κ2) is 8.95. The number of hydrogen-bond acceptors (Lipinski definition) is 3. The Kier molecular flexibility index (Phi) is 6.17. The molecule has 0 saturated heterocycles. The van der Waals surface area contributed by atoms with E-state index >= 15 is 0 Å². The third-order valence-corrected chi connectivity index (χ3v) is 4.50. The quantitative estimate of drug-likeness (QED) is 0.705. The van der Waals surface area contributed by atoms with Crippen molar-refractivity contribution in [2.45, 2.75) is 19.9 Å². The van der Waals surface area contributed by atoms with Crippen LogP contribution in [-0.2, 0) is 13.0 Å². The van der Waals surface area contributed by atoms with Gasteiger partial charge in [0.15, 0.2) is 0 Å². The molecule has 1 N–H and O–H groups in total. The van der Waals surface area contributed by atoms with E-state index in [0.29, 0.717) is 12.1 Å². The number of nitrogens with one attached hydrogen (secondary N) is 1. The van der Waals surface area contributed by atoms with Gasteiger partial charge in [-0.05, 0) is 35.7 Å². The van der Waals surface area contributed by atoms with Crippen molar-refractivity contribution in [2.24, 2.45) is 0 Å². The van der Waals surface area contributed by atoms with Gasteiger partial charge in [0.2, 0.25) is 0 Å². The fourth-order valence-corrected chi connectivity index (χ4v) is 2.96. The number of hydrogen-bond donors (Lipinski definition) is 1. The molecule has 0 aliphatic heterocycles. The van der Waals surface area contributed by atoms with Crippen LogP contribution >= 0.6 is 0 Å². The van der Waals surface area contributed by atoms with Crippen LogP contribution in [0.25, 0.3) is 0 Å². The largest absolute Gasteiger partial charge is 0.336 e. The van der Waals surface area contributed by atoms with Crippen molar-refractivity contribution in [2.75, 3.05) is 12.4 Å². The van der Waals surface area contributed by atoms with E-state index in [1.807, 2.05) is 61.5 Å². The maximum atomic E-state index is 12.7. The summed E-state index contributed by atoms with van der Waals surface area (Å²) in [6.07, 6.45) is 2.31. The van der Waals surface area contributed by atoms with Crippen LogP contribution in [0.2, 0.25) is 0 Å². The highest BCUT2D eigenvalue weighted by atomic mass is 16.2. The molecule has 2 amide bonds. The number of aryl methyl sites for hydroxylation is 1. The minimum Gasteiger partial charge on any atom is -0.336 e. The van der Waals surface area contributed by atoms with Gasteiger partial charge in [-0.15, -0.1) is 0 Å². The Morgan fingerprint density at radius 2 is 1.71 bits per heavy atom. The summed E-state index contributed by atoms with van der Waals surface area (Å²) in [6.45, 7) is 2.51. The van der Waals surface area contributed by atoms with Crippen LogP contribution in [0.4, 0.5) is 5.69 Å². The molecule has 0 spiro atoms. The molecule has 0 bridgehead atoms. The number of rotatable bonds is 6. The molecule has 1 heterocycles. The summed E-state index contributed by atoms with van der Waals surface area (Å²) in [6, 6.07) is 20.6. The number of nitrogens with zero attached hydrogens (tertiary/aromatic N) is 2. The third-order valence-electron chi connectivity index (χ3n) is 4.50. The van der Waals surface area contributed by atoms with Gasteiger partial charge >= 0.3 is 0 Å². The average Bonchev–Trinajstić information content (AvgIpc) is 2.74. The van der Waals surface area contributed by atoms with Crippen molar-refractivity contribution in [1.29, 1.82) is 0 Å². The number of amides is 2. The first-order chi connectivity index (χ1) is 13.6. The van der Waals surface area contributed by atoms with E-state index in [4.69, 9.17) is 0 Å². The van der Waals surface area contributed by atoms with Crippen molar-refractivity contribution in [1.82, 2.24) is 9.88 Å². The predicted molar refractivity (Wildman–Crippen MR) is 110 cm³/mol. The van der Waals surface area contributed by atoms with Crippen LogP contribution in [0, 0.1) is 0 Å². The van der Waals surface area contributed by atoms with Crippen LogP contribution in [0.15, 0.2) is 72.9 Å². The van der Waals surface area contributed by atoms with Gasteiger partial charge in [-0.25, -0.2) is 0 Å². The van der Waals surface area contributed by atoms with E-state index in [9.17, 15) is 9.59 Å². The van der Waals surface area contributed by atoms with Crippen molar-refractivity contribution in [3.8, 4) is 0 Å². The Balaban J connectivity index is 1.74. The zero-order valence-electron chi connectivity index (χ0n) is 16.1. The van der Waals surface area contributed by atoms with E-state index in [1.165, 1.54) is 12.3 Å². The van der Waals surface area contributed by atoms with Crippen molar-refractivity contribution in [3.05, 3.63) is 95.3 Å². The van der Waals surface area contributed by atoms with Gasteiger partial charge in [-0.3, -0.25) is 14.6 Å². The predicted octanol–water partition coefficient (Wildman–Crippen LogP) is 4.17. The van der Waals surface area contributed by atoms with Gasteiger partial charge in [-0.2, -0.15) is 0 Å². The molecule has 1 aromatic heterocycles. The van der Waals surface area contributed by atoms with Gasteiger partial charge in [0, 0.05) is 31.0 Å². The Hall–Kier alpha value is -3.47. The Labute approximate surface area is 165 Å². The Morgan fingerprint density at radius 1 is 1.00 bits per heavy atom. The van der Waals surface area contributed by atoms with E-state index in [1.54, 1.807) is 18.0 Å². The molecule has 5 nitrogen and oxygen atoms in total. The minimum absolute atomic E-state index is 0.229. The molecule has 28 heavy (non-hydrogen) atoms. The van der Waals surface area contributed by atoms with Crippen LogP contribution < -0.4 is 5.32 Å². The summed E-state index contributed by atoms with van der Waals surface area (Å²) in [5.41, 5.74) is 3.51. The molecular formula is C23H23N3O2. The zero-order valence-corrected chi connectivity index (χ0v) is 16.1. The normalized spacial score (nSPS) is 10.4. The van der Waals surface area contributed by atoms with E-state index in [0.717, 1.165) is 23.2 Å². The lowest BCUT2D eigenvalue weighted by Gasteiger charge is -2.17. The van der Waals surface area contributed by atoms with Gasteiger partial charge < -0.3 is 10.2 Å². The van der Waals surface area contributed by atoms with Crippen LogP contribution in [0.1, 0.15) is 38.9 Å². The minimum atomic E-state index is -0.261. The van der Waals surface area contributed by atoms with Gasteiger partial charge in [0.05, 0.1) is 0 Å². The topological polar surface area (TPSA) is 62.3 Å². The summed E-state index contributed by atoms with van der Waals surface area (Å²) in [7, 11) is 1.72. The van der Waals surface area contributed by atoms with Gasteiger partial charge in [-0.1, -0.05) is 55.5 Å². The van der Waals surface area contributed by atoms with Crippen LogP contribution in [-0.4, -0.2) is 28.7 Å². The first-order valence-corrected chi connectivity index (χ1v) is 9.23. The molecule has 3 aromatic rings. The molecule has 0 unspecified atom stereocenters. The number of carbonyl (C=O) groups is 2. The maximum Gasteiger partial charge on any atom is 0.272 e. The molecule has 0 aliphatic carbocycles. The van der Waals surface area contributed by atoms with Gasteiger partial charge in [0.1, 0.15) is 5.69 Å². The lowest BCUT2D eigenvalue weighted by Crippen LogP contribution is -2.27. The first kappa shape index (κ1) is 19.3. The lowest BCUT2D eigenvalue weighted by atomic mass is 10.1. The number of para-hydroxylation sites is 1. The average molecular weight is 373 g/mol. The fraction of sp³-hybridized carbons (Fsp3) is 0.174. The molecular weight excluding hydrogens is 350 g/mol. The summed E-state index contributed by atoms with van der Waals surface area (Å²) in [4.78, 5) is 31.1. The van der Waals surface area contributed by atoms with Crippen LogP contribution in [0.5, 0.6) is 0 Å². The Morgan fingerprint density at radius 3 is 2.46 bits per heavy atom. The van der Waals surface area contributed by atoms with E-state index in [2.05, 4.69) is 10.3 Å². The molecule has 142 valence electrons. The van der Waals surface area contributed by atoms with Crippen molar-refractivity contribution in [3.63, 3.8) is 0 Å². The molecule has 5 heteroatoms. The van der Waals surface area contributed by atoms with Crippen molar-refractivity contribution >= 4 is 17.5 Å². The highest BCUT2D eigenvalue weighted by molar-refractivity contribution is 6.06. The van der Waals surface area contributed by atoms with Gasteiger partial charge in [0.25, 0.3) is 11.8 Å². The summed E-state index contributed by atoms with van der Waals surface area (Å²) in [5, 5.41) is 2.92. The van der Waals surface area contributed by atoms with Crippen molar-refractivity contribution < 1.29 is 9.59 Å². The molecule has 0 radical (unpaired) electrons. The highest BCUT2D eigenvalue weighted by Gasteiger charge is 2.16. The highest BCUT2D eigenvalue weighted by Crippen LogP contribution is 2.17. The molecule has 2 aromatic carbocycles. The van der Waals surface area contributed by atoms with E-state index in [-0.39, 0.29) is 17.5 Å². The number of anilines is 1. The summed E-state index contributed by atoms with van der Waals surface area (Å²) >= 11 is 0. The maximum absolute atomic E-state index is 12.7. The fourth-order valence-electron chi connectivity index (χ4n) is 2.96. The molecule has 3 rings (SSSR count). The second-order valence-electron chi connectivity index (χ2n) is 6.54. The third kappa shape index (κ3) is 4.62. The zero-order chi connectivity index (χ0) is 19.9. The lowest BCUT2D eigenvalue weighted by molar-refractivity contribution is 0.0779. The standard InChI is InChI=1S/C23H23N3O2/c1-3-18-11-7-8-12-20(18)25-22(27)19-13-14-24-21(15-19)23(28)26(2)16-17-9-5-4-6-10-17/h4-15H,3,16H2,1-2H3,(H,25,27).